The fourth-order valence-corrected chi connectivity index (χ4v) is 5.24. The number of carbonyl (C=O) groups is 3. The molecule has 0 bridgehead atoms. The molecule has 41 heavy (non-hydrogen) atoms. The monoisotopic (exact) mass is 583 g/mol. The third kappa shape index (κ3) is 10.1. The van der Waals surface area contributed by atoms with Crippen LogP contribution in [0.15, 0.2) is 36.4 Å². The number of para-hydroxylation sites is 1. The van der Waals surface area contributed by atoms with E-state index in [1.807, 2.05) is 70.3 Å². The Hall–Kier alpha value is -3.00. The highest BCUT2D eigenvalue weighted by molar-refractivity contribution is 7.98. The summed E-state index contributed by atoms with van der Waals surface area (Å²) >= 11 is 1.60. The summed E-state index contributed by atoms with van der Waals surface area (Å²) in [6, 6.07) is 10.0. The average molecular weight is 584 g/mol. The molecule has 0 aliphatic carbocycles. The summed E-state index contributed by atoms with van der Waals surface area (Å²) in [6.45, 7) is 15.8. The number of benzene rings is 2. The smallest absolute Gasteiger partial charge is 0.408 e. The van der Waals surface area contributed by atoms with E-state index in [4.69, 9.17) is 4.74 Å². The van der Waals surface area contributed by atoms with Crippen molar-refractivity contribution in [3.05, 3.63) is 64.2 Å². The predicted octanol–water partition coefficient (Wildman–Crippen LogP) is 7.27. The number of rotatable bonds is 13. The van der Waals surface area contributed by atoms with Crippen LogP contribution in [0.3, 0.4) is 0 Å². The van der Waals surface area contributed by atoms with Crippen molar-refractivity contribution in [3.8, 4) is 0 Å². The first-order valence-corrected chi connectivity index (χ1v) is 15.9. The Labute approximate surface area is 251 Å². The molecule has 8 heteroatoms. The van der Waals surface area contributed by atoms with Crippen molar-refractivity contribution in [2.45, 2.75) is 98.8 Å². The second kappa shape index (κ2) is 15.9. The first-order valence-electron chi connectivity index (χ1n) is 14.5. The number of carbonyl (C=O) groups excluding carboxylic acids is 3. The Bertz CT molecular complexity index is 1170. The second-order valence-corrected chi connectivity index (χ2v) is 12.7. The van der Waals surface area contributed by atoms with E-state index in [0.29, 0.717) is 18.7 Å². The molecular formula is C33H49N3O4S. The topological polar surface area (TPSA) is 87.7 Å². The van der Waals surface area contributed by atoms with Gasteiger partial charge < -0.3 is 20.3 Å². The minimum absolute atomic E-state index is 0.276. The van der Waals surface area contributed by atoms with Gasteiger partial charge in [-0.1, -0.05) is 56.2 Å². The Balaban J connectivity index is 2.63. The van der Waals surface area contributed by atoms with Crippen LogP contribution in [0.1, 0.15) is 87.2 Å². The molecule has 0 heterocycles. The first kappa shape index (κ1) is 34.2. The maximum atomic E-state index is 14.4. The van der Waals surface area contributed by atoms with Crippen LogP contribution in [0.2, 0.25) is 0 Å². The number of ether oxygens (including phenoxy) is 1. The van der Waals surface area contributed by atoms with Gasteiger partial charge in [0.2, 0.25) is 5.91 Å². The zero-order valence-electron chi connectivity index (χ0n) is 26.3. The van der Waals surface area contributed by atoms with Gasteiger partial charge in [0.15, 0.2) is 0 Å². The lowest BCUT2D eigenvalue weighted by atomic mass is 9.94. The van der Waals surface area contributed by atoms with Crippen molar-refractivity contribution in [1.82, 2.24) is 10.2 Å². The van der Waals surface area contributed by atoms with E-state index >= 15 is 0 Å². The molecule has 0 radical (unpaired) electrons. The lowest BCUT2D eigenvalue weighted by molar-refractivity contribution is -0.141. The zero-order valence-corrected chi connectivity index (χ0v) is 27.2. The van der Waals surface area contributed by atoms with Crippen molar-refractivity contribution >= 4 is 35.4 Å². The second-order valence-electron chi connectivity index (χ2n) is 11.7. The van der Waals surface area contributed by atoms with Gasteiger partial charge >= 0.3 is 6.09 Å². The third-order valence-electron chi connectivity index (χ3n) is 7.12. The number of nitrogens with zero attached hydrogens (tertiary/aromatic N) is 1. The lowest BCUT2D eigenvalue weighted by Gasteiger charge is -2.35. The Morgan fingerprint density at radius 1 is 0.951 bits per heavy atom. The van der Waals surface area contributed by atoms with E-state index in [0.717, 1.165) is 52.8 Å². The van der Waals surface area contributed by atoms with E-state index < -0.39 is 23.8 Å². The summed E-state index contributed by atoms with van der Waals surface area (Å²) in [4.78, 5) is 43.2. The number of aryl methyl sites for hydroxylation is 3. The molecule has 2 aromatic rings. The summed E-state index contributed by atoms with van der Waals surface area (Å²) in [5.74, 6) is 0.1000. The van der Waals surface area contributed by atoms with E-state index in [-0.39, 0.29) is 11.8 Å². The standard InChI is InChI=1S/C33H49N3O4S/c1-10-11-12-20-36(31(38)27(19-21-41-9)34-32(39)40-33(6,7)8)29(26-18-14-15-22(2)25(26)5)30(37)35-28-23(3)16-13-17-24(28)4/h13-18,27,29H,10-12,19-21H2,1-9H3,(H,34,39)(H,35,37). The van der Waals surface area contributed by atoms with Crippen molar-refractivity contribution in [3.63, 3.8) is 0 Å². The molecule has 0 aliphatic rings. The highest BCUT2D eigenvalue weighted by atomic mass is 32.2. The molecule has 2 N–H and O–H groups in total. The van der Waals surface area contributed by atoms with Crippen LogP contribution >= 0.6 is 11.8 Å². The molecule has 0 saturated carbocycles. The van der Waals surface area contributed by atoms with Crippen LogP contribution in [0, 0.1) is 27.7 Å². The first-order chi connectivity index (χ1) is 19.3. The summed E-state index contributed by atoms with van der Waals surface area (Å²) < 4.78 is 5.50. The molecule has 0 fully saturated rings. The fraction of sp³-hybridized carbons (Fsp3) is 0.545. The minimum Gasteiger partial charge on any atom is -0.444 e. The van der Waals surface area contributed by atoms with Gasteiger partial charge in [-0.05, 0) is 101 Å². The molecule has 2 unspecified atom stereocenters. The Morgan fingerprint density at radius 2 is 1.56 bits per heavy atom. The molecule has 0 saturated heterocycles. The molecule has 0 aliphatic heterocycles. The van der Waals surface area contributed by atoms with Crippen LogP contribution in [-0.2, 0) is 14.3 Å². The highest BCUT2D eigenvalue weighted by Crippen LogP contribution is 2.30. The Kier molecular flexibility index (Phi) is 13.2. The lowest BCUT2D eigenvalue weighted by Crippen LogP contribution is -2.53. The van der Waals surface area contributed by atoms with Crippen LogP contribution in [-0.4, -0.2) is 53.0 Å². The van der Waals surface area contributed by atoms with Gasteiger partial charge in [0.1, 0.15) is 17.7 Å². The van der Waals surface area contributed by atoms with Gasteiger partial charge in [-0.25, -0.2) is 4.79 Å². The van der Waals surface area contributed by atoms with Crippen molar-refractivity contribution < 1.29 is 19.1 Å². The third-order valence-corrected chi connectivity index (χ3v) is 7.76. The minimum atomic E-state index is -0.879. The van der Waals surface area contributed by atoms with E-state index in [1.54, 1.807) is 37.4 Å². The van der Waals surface area contributed by atoms with Gasteiger partial charge in [0.25, 0.3) is 5.91 Å². The average Bonchev–Trinajstić information content (AvgIpc) is 2.89. The number of hydrogen-bond donors (Lipinski definition) is 2. The van der Waals surface area contributed by atoms with Gasteiger partial charge in [-0.2, -0.15) is 11.8 Å². The zero-order chi connectivity index (χ0) is 30.7. The normalized spacial score (nSPS) is 12.8. The number of nitrogens with one attached hydrogen (secondary N) is 2. The van der Waals surface area contributed by atoms with Crippen LogP contribution in [0.5, 0.6) is 0 Å². The predicted molar refractivity (Wildman–Crippen MR) is 171 cm³/mol. The number of unbranched alkanes of at least 4 members (excludes halogenated alkanes) is 2. The van der Waals surface area contributed by atoms with E-state index in [1.165, 1.54) is 0 Å². The van der Waals surface area contributed by atoms with Crippen LogP contribution in [0.4, 0.5) is 10.5 Å². The van der Waals surface area contributed by atoms with Crippen molar-refractivity contribution in [1.29, 1.82) is 0 Å². The number of hydrogen-bond acceptors (Lipinski definition) is 5. The van der Waals surface area contributed by atoms with Gasteiger partial charge in [-0.3, -0.25) is 9.59 Å². The Morgan fingerprint density at radius 3 is 2.15 bits per heavy atom. The van der Waals surface area contributed by atoms with Crippen molar-refractivity contribution in [2.24, 2.45) is 0 Å². The summed E-state index contributed by atoms with van der Waals surface area (Å²) in [6.07, 6.45) is 4.36. The van der Waals surface area contributed by atoms with Gasteiger partial charge in [0.05, 0.1) is 0 Å². The number of anilines is 1. The molecule has 3 amide bonds. The summed E-state index contributed by atoms with van der Waals surface area (Å²) in [7, 11) is 0. The molecule has 0 aromatic heterocycles. The summed E-state index contributed by atoms with van der Waals surface area (Å²) in [5, 5.41) is 5.98. The van der Waals surface area contributed by atoms with Crippen LogP contribution < -0.4 is 10.6 Å². The fourth-order valence-electron chi connectivity index (χ4n) is 4.77. The maximum Gasteiger partial charge on any atom is 0.408 e. The number of alkyl carbamates (subject to hydrolysis) is 1. The van der Waals surface area contributed by atoms with E-state index in [9.17, 15) is 14.4 Å². The maximum absolute atomic E-state index is 14.4. The molecule has 2 rings (SSSR count). The number of thioether (sulfide) groups is 1. The highest BCUT2D eigenvalue weighted by Gasteiger charge is 2.37. The summed E-state index contributed by atoms with van der Waals surface area (Å²) in [5.41, 5.74) is 4.73. The number of amides is 3. The van der Waals surface area contributed by atoms with E-state index in [2.05, 4.69) is 17.6 Å². The molecule has 0 spiro atoms. The van der Waals surface area contributed by atoms with Crippen LogP contribution in [0.25, 0.3) is 0 Å². The molecule has 7 nitrogen and oxygen atoms in total. The molecule has 2 aromatic carbocycles. The SMILES string of the molecule is CCCCCN(C(=O)C(CCSC)NC(=O)OC(C)(C)C)C(C(=O)Nc1c(C)cccc1C)c1cccc(C)c1C. The molecule has 226 valence electrons. The van der Waals surface area contributed by atoms with Crippen molar-refractivity contribution in [2.75, 3.05) is 23.9 Å². The quantitative estimate of drug-likeness (QED) is 0.242. The molecular weight excluding hydrogens is 534 g/mol. The van der Waals surface area contributed by atoms with Gasteiger partial charge in [-0.15, -0.1) is 0 Å². The molecule has 2 atom stereocenters. The largest absolute Gasteiger partial charge is 0.444 e. The van der Waals surface area contributed by atoms with Gasteiger partial charge in [0, 0.05) is 12.2 Å².